The van der Waals surface area contributed by atoms with E-state index in [1.165, 1.54) is 11.6 Å². The summed E-state index contributed by atoms with van der Waals surface area (Å²) in [5, 5.41) is 9.54. The number of aliphatic hydroxyl groups is 1. The summed E-state index contributed by atoms with van der Waals surface area (Å²) < 4.78 is 0. The fourth-order valence-corrected chi connectivity index (χ4v) is 1.51. The van der Waals surface area contributed by atoms with Crippen molar-refractivity contribution < 1.29 is 5.11 Å². The van der Waals surface area contributed by atoms with E-state index in [2.05, 4.69) is 44.7 Å². The maximum absolute atomic E-state index is 9.54. The molecule has 0 saturated carbocycles. The highest BCUT2D eigenvalue weighted by molar-refractivity contribution is 5.54. The van der Waals surface area contributed by atoms with Crippen LogP contribution in [0.5, 0.6) is 0 Å². The molecule has 1 unspecified atom stereocenters. The number of rotatable bonds is 4. The molecule has 0 amide bonds. The molecule has 1 N–H and O–H groups in total. The molecule has 0 spiro atoms. The van der Waals surface area contributed by atoms with E-state index in [9.17, 15) is 5.11 Å². The van der Waals surface area contributed by atoms with Gasteiger partial charge in [-0.25, -0.2) is 0 Å². The van der Waals surface area contributed by atoms with Gasteiger partial charge in [-0.15, -0.1) is 6.58 Å². The van der Waals surface area contributed by atoms with E-state index in [1.807, 2.05) is 13.0 Å². The Morgan fingerprint density at radius 2 is 1.81 bits per heavy atom. The summed E-state index contributed by atoms with van der Waals surface area (Å²) >= 11 is 0. The van der Waals surface area contributed by atoms with Crippen LogP contribution in [-0.4, -0.2) is 11.2 Å². The average Bonchev–Trinajstić information content (AvgIpc) is 2.28. The lowest BCUT2D eigenvalue weighted by Crippen LogP contribution is -2.02. The fourth-order valence-electron chi connectivity index (χ4n) is 1.51. The predicted molar refractivity (Wildman–Crippen MR) is 70.4 cm³/mol. The SMILES string of the molecule is C=CC(O)C(C)=Cc1ccc(C(C)C)cc1. The average molecular weight is 216 g/mol. The van der Waals surface area contributed by atoms with Gasteiger partial charge in [-0.05, 0) is 29.5 Å². The minimum atomic E-state index is -0.551. The van der Waals surface area contributed by atoms with Gasteiger partial charge in [-0.1, -0.05) is 50.3 Å². The molecule has 0 aromatic heterocycles. The lowest BCUT2D eigenvalue weighted by Gasteiger charge is -2.07. The fraction of sp³-hybridized carbons (Fsp3) is 0.333. The standard InChI is InChI=1S/C15H20O/c1-5-15(16)12(4)10-13-6-8-14(9-7-13)11(2)3/h5-11,15-16H,1H2,2-4H3. The molecular weight excluding hydrogens is 196 g/mol. The molecule has 0 aliphatic heterocycles. The largest absolute Gasteiger partial charge is 0.385 e. The third-order valence-corrected chi connectivity index (χ3v) is 2.69. The van der Waals surface area contributed by atoms with Crippen molar-refractivity contribution in [2.75, 3.05) is 0 Å². The van der Waals surface area contributed by atoms with E-state index in [4.69, 9.17) is 0 Å². The van der Waals surface area contributed by atoms with Gasteiger partial charge in [0, 0.05) is 0 Å². The van der Waals surface area contributed by atoms with Crippen molar-refractivity contribution in [3.8, 4) is 0 Å². The van der Waals surface area contributed by atoms with Gasteiger partial charge in [0.15, 0.2) is 0 Å². The molecule has 1 aromatic carbocycles. The van der Waals surface area contributed by atoms with Crippen molar-refractivity contribution in [3.05, 3.63) is 53.6 Å². The van der Waals surface area contributed by atoms with Gasteiger partial charge < -0.3 is 5.11 Å². The Morgan fingerprint density at radius 3 is 2.25 bits per heavy atom. The Kier molecular flexibility index (Phi) is 4.51. The smallest absolute Gasteiger partial charge is 0.0929 e. The van der Waals surface area contributed by atoms with Crippen LogP contribution in [0.3, 0.4) is 0 Å². The van der Waals surface area contributed by atoms with E-state index in [0.717, 1.165) is 11.1 Å². The van der Waals surface area contributed by atoms with Gasteiger partial charge in [-0.3, -0.25) is 0 Å². The van der Waals surface area contributed by atoms with Crippen molar-refractivity contribution in [1.82, 2.24) is 0 Å². The highest BCUT2D eigenvalue weighted by Gasteiger charge is 2.01. The molecule has 0 saturated heterocycles. The molecule has 0 heterocycles. The maximum Gasteiger partial charge on any atom is 0.0929 e. The van der Waals surface area contributed by atoms with Crippen LogP contribution in [0.15, 0.2) is 42.5 Å². The molecule has 0 radical (unpaired) electrons. The lowest BCUT2D eigenvalue weighted by molar-refractivity contribution is 0.261. The van der Waals surface area contributed by atoms with Crippen LogP contribution in [0.4, 0.5) is 0 Å². The first kappa shape index (κ1) is 12.7. The van der Waals surface area contributed by atoms with Crippen molar-refractivity contribution in [1.29, 1.82) is 0 Å². The Morgan fingerprint density at radius 1 is 1.25 bits per heavy atom. The summed E-state index contributed by atoms with van der Waals surface area (Å²) in [6, 6.07) is 8.41. The second-order valence-electron chi connectivity index (χ2n) is 4.39. The van der Waals surface area contributed by atoms with Crippen molar-refractivity contribution in [2.45, 2.75) is 32.8 Å². The van der Waals surface area contributed by atoms with Crippen molar-refractivity contribution >= 4 is 6.08 Å². The quantitative estimate of drug-likeness (QED) is 0.760. The molecule has 1 atom stereocenters. The van der Waals surface area contributed by atoms with E-state index >= 15 is 0 Å². The maximum atomic E-state index is 9.54. The van der Waals surface area contributed by atoms with Crippen molar-refractivity contribution in [3.63, 3.8) is 0 Å². The third-order valence-electron chi connectivity index (χ3n) is 2.69. The summed E-state index contributed by atoms with van der Waals surface area (Å²) in [6.07, 6.45) is 2.97. The third kappa shape index (κ3) is 3.35. The van der Waals surface area contributed by atoms with Crippen LogP contribution in [0.2, 0.25) is 0 Å². The molecule has 1 aromatic rings. The molecule has 1 rings (SSSR count). The van der Waals surface area contributed by atoms with Crippen LogP contribution in [0, 0.1) is 0 Å². The molecule has 16 heavy (non-hydrogen) atoms. The first-order chi connectivity index (χ1) is 7.54. The van der Waals surface area contributed by atoms with Crippen LogP contribution in [0.1, 0.15) is 37.8 Å². The van der Waals surface area contributed by atoms with Gasteiger partial charge in [0.25, 0.3) is 0 Å². The molecule has 0 bridgehead atoms. The highest BCUT2D eigenvalue weighted by atomic mass is 16.3. The zero-order valence-electron chi connectivity index (χ0n) is 10.3. The first-order valence-electron chi connectivity index (χ1n) is 5.63. The van der Waals surface area contributed by atoms with Crippen LogP contribution < -0.4 is 0 Å². The molecule has 1 nitrogen and oxygen atoms in total. The number of hydrogen-bond donors (Lipinski definition) is 1. The molecule has 0 aliphatic carbocycles. The summed E-state index contributed by atoms with van der Waals surface area (Å²) in [6.45, 7) is 9.83. The zero-order chi connectivity index (χ0) is 12.1. The summed E-state index contributed by atoms with van der Waals surface area (Å²) in [5.74, 6) is 0.554. The summed E-state index contributed by atoms with van der Waals surface area (Å²) in [7, 11) is 0. The number of aliphatic hydroxyl groups excluding tert-OH is 1. The topological polar surface area (TPSA) is 20.2 Å². The minimum absolute atomic E-state index is 0.551. The normalized spacial score (nSPS) is 13.9. The number of hydrogen-bond acceptors (Lipinski definition) is 1. The molecular formula is C15H20O. The summed E-state index contributed by atoms with van der Waals surface area (Å²) in [4.78, 5) is 0. The number of benzene rings is 1. The van der Waals surface area contributed by atoms with Crippen LogP contribution >= 0.6 is 0 Å². The van der Waals surface area contributed by atoms with Crippen LogP contribution in [0.25, 0.3) is 6.08 Å². The monoisotopic (exact) mass is 216 g/mol. The van der Waals surface area contributed by atoms with Gasteiger partial charge in [0.2, 0.25) is 0 Å². The van der Waals surface area contributed by atoms with Crippen molar-refractivity contribution in [2.24, 2.45) is 0 Å². The van der Waals surface area contributed by atoms with Crippen LogP contribution in [-0.2, 0) is 0 Å². The van der Waals surface area contributed by atoms with Gasteiger partial charge in [0.05, 0.1) is 6.10 Å². The highest BCUT2D eigenvalue weighted by Crippen LogP contribution is 2.17. The molecule has 0 aliphatic rings. The molecule has 86 valence electrons. The van der Waals surface area contributed by atoms with E-state index in [1.54, 1.807) is 0 Å². The van der Waals surface area contributed by atoms with E-state index in [0.29, 0.717) is 5.92 Å². The first-order valence-corrected chi connectivity index (χ1v) is 5.63. The Labute approximate surface area is 98.1 Å². The minimum Gasteiger partial charge on any atom is -0.385 e. The second kappa shape index (κ2) is 5.66. The van der Waals surface area contributed by atoms with Gasteiger partial charge in [-0.2, -0.15) is 0 Å². The lowest BCUT2D eigenvalue weighted by atomic mass is 10.0. The Hall–Kier alpha value is -1.34. The predicted octanol–water partition coefficient (Wildman–Crippen LogP) is 3.76. The summed E-state index contributed by atoms with van der Waals surface area (Å²) in [5.41, 5.74) is 3.36. The Bertz CT molecular complexity index is 371. The second-order valence-corrected chi connectivity index (χ2v) is 4.39. The molecule has 1 heteroatoms. The Balaban J connectivity index is 2.86. The zero-order valence-corrected chi connectivity index (χ0v) is 10.3. The van der Waals surface area contributed by atoms with Gasteiger partial charge >= 0.3 is 0 Å². The van der Waals surface area contributed by atoms with Gasteiger partial charge in [0.1, 0.15) is 0 Å². The van der Waals surface area contributed by atoms with E-state index < -0.39 is 6.10 Å². The van der Waals surface area contributed by atoms with E-state index in [-0.39, 0.29) is 0 Å². The molecule has 0 fully saturated rings.